The molecule has 0 radical (unpaired) electrons. The van der Waals surface area contributed by atoms with Gasteiger partial charge in [-0.2, -0.15) is 0 Å². The summed E-state index contributed by atoms with van der Waals surface area (Å²) in [6, 6.07) is 4.12. The topological polar surface area (TPSA) is 12.0 Å². The van der Waals surface area contributed by atoms with Crippen molar-refractivity contribution in [2.24, 2.45) is 5.92 Å². The third-order valence-corrected chi connectivity index (χ3v) is 3.86. The SMILES string of the molecule is Fc1cc(Br)cc2c1CCC(C1CC1)N2. The molecule has 80 valence electrons. The number of hydrogen-bond acceptors (Lipinski definition) is 1. The van der Waals surface area contributed by atoms with E-state index in [2.05, 4.69) is 21.2 Å². The fraction of sp³-hybridized carbons (Fsp3) is 0.500. The molecule has 3 heteroatoms. The summed E-state index contributed by atoms with van der Waals surface area (Å²) in [6.07, 6.45) is 4.63. The van der Waals surface area contributed by atoms with E-state index in [1.54, 1.807) is 6.07 Å². The van der Waals surface area contributed by atoms with Crippen LogP contribution in [-0.2, 0) is 6.42 Å². The molecule has 1 aliphatic heterocycles. The average Bonchev–Trinajstić information content (AvgIpc) is 2.99. The van der Waals surface area contributed by atoms with Gasteiger partial charge < -0.3 is 5.32 Å². The monoisotopic (exact) mass is 269 g/mol. The number of rotatable bonds is 1. The molecular weight excluding hydrogens is 257 g/mol. The van der Waals surface area contributed by atoms with E-state index >= 15 is 0 Å². The van der Waals surface area contributed by atoms with Crippen LogP contribution in [0.3, 0.4) is 0 Å². The van der Waals surface area contributed by atoms with Crippen molar-refractivity contribution in [3.8, 4) is 0 Å². The van der Waals surface area contributed by atoms with Crippen molar-refractivity contribution in [1.29, 1.82) is 0 Å². The second-order valence-electron chi connectivity index (χ2n) is 4.54. The number of benzene rings is 1. The normalized spacial score (nSPS) is 24.5. The molecular formula is C12H13BrFN. The molecule has 1 fully saturated rings. The molecule has 3 rings (SSSR count). The van der Waals surface area contributed by atoms with Crippen molar-refractivity contribution in [1.82, 2.24) is 0 Å². The Kier molecular flexibility index (Phi) is 2.23. The van der Waals surface area contributed by atoms with Gasteiger partial charge in [-0.1, -0.05) is 15.9 Å². The minimum atomic E-state index is -0.0823. The molecule has 1 saturated carbocycles. The Labute approximate surface area is 97.2 Å². The zero-order valence-electron chi connectivity index (χ0n) is 8.39. The van der Waals surface area contributed by atoms with Crippen molar-refractivity contribution in [3.63, 3.8) is 0 Å². The molecule has 1 unspecified atom stereocenters. The number of nitrogens with one attached hydrogen (secondary N) is 1. The predicted molar refractivity (Wildman–Crippen MR) is 62.6 cm³/mol. The van der Waals surface area contributed by atoms with E-state index in [4.69, 9.17) is 0 Å². The van der Waals surface area contributed by atoms with Gasteiger partial charge in [0.1, 0.15) is 5.82 Å². The Bertz CT molecular complexity index is 401. The first-order valence-corrected chi connectivity index (χ1v) is 6.28. The molecule has 0 aromatic heterocycles. The summed E-state index contributed by atoms with van der Waals surface area (Å²) in [5.41, 5.74) is 1.85. The summed E-state index contributed by atoms with van der Waals surface area (Å²) in [6.45, 7) is 0. The van der Waals surface area contributed by atoms with Gasteiger partial charge in [-0.15, -0.1) is 0 Å². The smallest absolute Gasteiger partial charge is 0.129 e. The number of hydrogen-bond donors (Lipinski definition) is 1. The lowest BCUT2D eigenvalue weighted by molar-refractivity contribution is 0.542. The minimum absolute atomic E-state index is 0.0823. The van der Waals surface area contributed by atoms with Gasteiger partial charge >= 0.3 is 0 Å². The maximum atomic E-state index is 13.6. The zero-order chi connectivity index (χ0) is 10.4. The summed E-state index contributed by atoms with van der Waals surface area (Å²) in [4.78, 5) is 0. The second-order valence-corrected chi connectivity index (χ2v) is 5.46. The lowest BCUT2D eigenvalue weighted by Crippen LogP contribution is -2.27. The largest absolute Gasteiger partial charge is 0.382 e. The van der Waals surface area contributed by atoms with Gasteiger partial charge in [-0.25, -0.2) is 4.39 Å². The molecule has 1 atom stereocenters. The van der Waals surface area contributed by atoms with Crippen LogP contribution in [0, 0.1) is 11.7 Å². The van der Waals surface area contributed by atoms with E-state index in [9.17, 15) is 4.39 Å². The molecule has 2 aliphatic rings. The van der Waals surface area contributed by atoms with Crippen LogP contribution in [-0.4, -0.2) is 6.04 Å². The van der Waals surface area contributed by atoms with Gasteiger partial charge in [0.2, 0.25) is 0 Å². The highest BCUT2D eigenvalue weighted by atomic mass is 79.9. The van der Waals surface area contributed by atoms with E-state index in [1.807, 2.05) is 6.07 Å². The molecule has 0 spiro atoms. The predicted octanol–water partition coefficient (Wildman–Crippen LogP) is 3.72. The highest BCUT2D eigenvalue weighted by molar-refractivity contribution is 9.10. The second kappa shape index (κ2) is 3.48. The molecule has 0 amide bonds. The van der Waals surface area contributed by atoms with E-state index in [0.29, 0.717) is 6.04 Å². The summed E-state index contributed by atoms with van der Waals surface area (Å²) >= 11 is 3.33. The third kappa shape index (κ3) is 1.78. The Balaban J connectivity index is 1.93. The van der Waals surface area contributed by atoms with Gasteiger partial charge in [0.05, 0.1) is 0 Å². The number of fused-ring (bicyclic) bond motifs is 1. The van der Waals surface area contributed by atoms with Crippen LogP contribution >= 0.6 is 15.9 Å². The van der Waals surface area contributed by atoms with Crippen molar-refractivity contribution in [3.05, 3.63) is 28.0 Å². The highest BCUT2D eigenvalue weighted by Crippen LogP contribution is 2.40. The average molecular weight is 270 g/mol. The molecule has 0 saturated heterocycles. The fourth-order valence-corrected chi connectivity index (χ4v) is 2.84. The van der Waals surface area contributed by atoms with Crippen LogP contribution in [0.25, 0.3) is 0 Å². The number of anilines is 1. The van der Waals surface area contributed by atoms with Gasteiger partial charge in [-0.3, -0.25) is 0 Å². The van der Waals surface area contributed by atoms with E-state index < -0.39 is 0 Å². The lowest BCUT2D eigenvalue weighted by atomic mass is 9.95. The Morgan fingerprint density at radius 3 is 2.80 bits per heavy atom. The van der Waals surface area contributed by atoms with Crippen LogP contribution in [0.4, 0.5) is 10.1 Å². The summed E-state index contributed by atoms with van der Waals surface area (Å²) in [5, 5.41) is 3.47. The first kappa shape index (κ1) is 9.64. The van der Waals surface area contributed by atoms with Gasteiger partial charge in [0.25, 0.3) is 0 Å². The van der Waals surface area contributed by atoms with Crippen LogP contribution in [0.15, 0.2) is 16.6 Å². The maximum absolute atomic E-state index is 13.6. The van der Waals surface area contributed by atoms with Crippen molar-refractivity contribution in [2.75, 3.05) is 5.32 Å². The molecule has 1 aliphatic carbocycles. The van der Waals surface area contributed by atoms with Gasteiger partial charge in [0.15, 0.2) is 0 Å². The molecule has 1 heterocycles. The Morgan fingerprint density at radius 1 is 1.27 bits per heavy atom. The Morgan fingerprint density at radius 2 is 2.07 bits per heavy atom. The van der Waals surface area contributed by atoms with Crippen molar-refractivity contribution < 1.29 is 4.39 Å². The highest BCUT2D eigenvalue weighted by Gasteiger charge is 2.33. The molecule has 15 heavy (non-hydrogen) atoms. The summed E-state index contributed by atoms with van der Waals surface area (Å²) in [7, 11) is 0. The van der Waals surface area contributed by atoms with E-state index in [1.165, 1.54) is 12.8 Å². The van der Waals surface area contributed by atoms with E-state index in [-0.39, 0.29) is 5.82 Å². The van der Waals surface area contributed by atoms with Crippen molar-refractivity contribution in [2.45, 2.75) is 31.7 Å². The summed E-state index contributed by atoms with van der Waals surface area (Å²) in [5.74, 6) is 0.751. The molecule has 1 nitrogen and oxygen atoms in total. The quantitative estimate of drug-likeness (QED) is 0.820. The molecule has 0 bridgehead atoms. The molecule has 1 aromatic carbocycles. The maximum Gasteiger partial charge on any atom is 0.129 e. The third-order valence-electron chi connectivity index (χ3n) is 3.40. The minimum Gasteiger partial charge on any atom is -0.382 e. The lowest BCUT2D eigenvalue weighted by Gasteiger charge is -2.27. The van der Waals surface area contributed by atoms with Crippen LogP contribution in [0.5, 0.6) is 0 Å². The standard InChI is InChI=1S/C12H13BrFN/c13-8-5-10(14)9-3-4-11(7-1-2-7)15-12(9)6-8/h5-7,11,15H,1-4H2. The zero-order valence-corrected chi connectivity index (χ0v) is 9.98. The fourth-order valence-electron chi connectivity index (χ4n) is 2.41. The number of halogens is 2. The summed E-state index contributed by atoms with van der Waals surface area (Å²) < 4.78 is 14.4. The van der Waals surface area contributed by atoms with Crippen LogP contribution < -0.4 is 5.32 Å². The first-order valence-electron chi connectivity index (χ1n) is 5.48. The first-order chi connectivity index (χ1) is 7.24. The van der Waals surface area contributed by atoms with Gasteiger partial charge in [0, 0.05) is 21.8 Å². The molecule has 1 aromatic rings. The molecule has 1 N–H and O–H groups in total. The van der Waals surface area contributed by atoms with Crippen molar-refractivity contribution >= 4 is 21.6 Å². The van der Waals surface area contributed by atoms with Gasteiger partial charge in [-0.05, 0) is 43.7 Å². The Hall–Kier alpha value is -0.570. The van der Waals surface area contributed by atoms with Crippen LogP contribution in [0.2, 0.25) is 0 Å². The van der Waals surface area contributed by atoms with Crippen LogP contribution in [0.1, 0.15) is 24.8 Å². The van der Waals surface area contributed by atoms with E-state index in [0.717, 1.165) is 34.5 Å².